The molecule has 0 bridgehead atoms. The molecule has 0 fully saturated rings. The van der Waals surface area contributed by atoms with Crippen molar-refractivity contribution in [3.8, 4) is 0 Å². The third-order valence-electron chi connectivity index (χ3n) is 6.55. The second kappa shape index (κ2) is 16.0. The van der Waals surface area contributed by atoms with E-state index in [-0.39, 0.29) is 37.6 Å². The number of rotatable bonds is 15. The normalized spacial score (nSPS) is 12.2. The summed E-state index contributed by atoms with van der Waals surface area (Å²) in [4.78, 5) is 53.9. The Morgan fingerprint density at radius 1 is 0.756 bits per heavy atom. The second-order valence-electron chi connectivity index (χ2n) is 9.58. The molecule has 41 heavy (non-hydrogen) atoms. The van der Waals surface area contributed by atoms with Crippen LogP contribution >= 0.6 is 0 Å². The Kier molecular flexibility index (Phi) is 12.2. The Hall–Kier alpha value is -4.38. The average molecular weight is 559 g/mol. The lowest BCUT2D eigenvalue weighted by Gasteiger charge is -2.24. The van der Waals surface area contributed by atoms with Crippen LogP contribution in [0.15, 0.2) is 84.9 Å². The van der Waals surface area contributed by atoms with Crippen LogP contribution < -0.4 is 27.8 Å². The van der Waals surface area contributed by atoms with E-state index in [0.29, 0.717) is 36.3 Å². The largest absolute Gasteiger partial charge is 0.343 e. The van der Waals surface area contributed by atoms with Crippen LogP contribution in [0.2, 0.25) is 0 Å². The molecule has 10 heteroatoms. The highest BCUT2D eigenvalue weighted by atomic mass is 16.2. The van der Waals surface area contributed by atoms with E-state index in [1.807, 2.05) is 36.4 Å². The summed E-state index contributed by atoms with van der Waals surface area (Å²) in [6, 6.07) is 22.8. The van der Waals surface area contributed by atoms with Gasteiger partial charge in [-0.2, -0.15) is 0 Å². The summed E-state index contributed by atoms with van der Waals surface area (Å²) < 4.78 is 0. The van der Waals surface area contributed by atoms with Gasteiger partial charge in [0.2, 0.25) is 17.7 Å². The molecule has 0 unspecified atom stereocenters. The first kappa shape index (κ1) is 31.2. The first-order chi connectivity index (χ1) is 19.8. The van der Waals surface area contributed by atoms with Crippen molar-refractivity contribution in [3.63, 3.8) is 0 Å². The number of aryl methyl sites for hydroxylation is 1. The van der Waals surface area contributed by atoms with Crippen LogP contribution in [0.5, 0.6) is 0 Å². The van der Waals surface area contributed by atoms with Gasteiger partial charge in [-0.15, -0.1) is 0 Å². The first-order valence-electron chi connectivity index (χ1n) is 13.6. The van der Waals surface area contributed by atoms with Crippen LogP contribution in [0.1, 0.15) is 34.3 Å². The van der Waals surface area contributed by atoms with Crippen molar-refractivity contribution in [2.24, 2.45) is 17.2 Å². The van der Waals surface area contributed by atoms with E-state index in [4.69, 9.17) is 17.2 Å². The number of nitrogens with zero attached hydrogens (tertiary/aromatic N) is 1. The van der Waals surface area contributed by atoms with E-state index in [9.17, 15) is 19.2 Å². The fraction of sp³-hybridized carbons (Fsp3) is 0.290. The molecule has 10 nitrogen and oxygen atoms in total. The molecule has 8 N–H and O–H groups in total. The fourth-order valence-corrected chi connectivity index (χ4v) is 4.34. The highest BCUT2D eigenvalue weighted by Crippen LogP contribution is 2.20. The number of nitrogens with two attached hydrogens (primary N) is 3. The van der Waals surface area contributed by atoms with Crippen molar-refractivity contribution < 1.29 is 19.2 Å². The highest BCUT2D eigenvalue weighted by Gasteiger charge is 2.27. The van der Waals surface area contributed by atoms with Crippen molar-refractivity contribution in [2.45, 2.75) is 31.3 Å². The highest BCUT2D eigenvalue weighted by molar-refractivity contribution is 6.14. The summed E-state index contributed by atoms with van der Waals surface area (Å²) in [7, 11) is 0. The van der Waals surface area contributed by atoms with Crippen LogP contribution in [0.3, 0.4) is 0 Å². The average Bonchev–Trinajstić information content (AvgIpc) is 2.99. The molecule has 0 spiro atoms. The molecule has 0 aliphatic heterocycles. The molecule has 3 aromatic carbocycles. The van der Waals surface area contributed by atoms with Gasteiger partial charge in [0.1, 0.15) is 6.04 Å². The zero-order valence-electron chi connectivity index (χ0n) is 23.0. The predicted octanol–water partition coefficient (Wildman–Crippen LogP) is 1.44. The molecular weight excluding hydrogens is 520 g/mol. The predicted molar refractivity (Wildman–Crippen MR) is 159 cm³/mol. The van der Waals surface area contributed by atoms with E-state index in [1.54, 1.807) is 48.5 Å². The minimum absolute atomic E-state index is 0.244. The standard InChI is InChI=1S/C31H38N6O4/c32-17-19-37(20-18-33)28(38)21-25(34)30(40)36-27(16-15-22-9-3-1-4-10-22)31(41)35-26-14-8-7-13-24(26)29(39)23-11-5-2-6-12-23/h1-14,25,27H,15-21,32-34H2,(H,35,41)(H,36,40)/t25-,27-/m0/s1. The summed E-state index contributed by atoms with van der Waals surface area (Å²) in [6.45, 7) is 1.10. The summed E-state index contributed by atoms with van der Waals surface area (Å²) in [5.74, 6) is -1.73. The smallest absolute Gasteiger partial charge is 0.246 e. The fourth-order valence-electron chi connectivity index (χ4n) is 4.34. The summed E-state index contributed by atoms with van der Waals surface area (Å²) in [6.07, 6.45) is 0.509. The number of benzene rings is 3. The molecule has 0 aromatic heterocycles. The topological polar surface area (TPSA) is 174 Å². The lowest BCUT2D eigenvalue weighted by Crippen LogP contribution is -2.52. The van der Waals surface area contributed by atoms with Crippen LogP contribution in [0.25, 0.3) is 0 Å². The quantitative estimate of drug-likeness (QED) is 0.175. The number of carbonyl (C=O) groups excluding carboxylic acids is 4. The molecule has 0 saturated carbocycles. The number of carbonyl (C=O) groups is 4. The molecule has 0 aliphatic rings. The molecule has 0 saturated heterocycles. The molecule has 0 radical (unpaired) electrons. The molecule has 0 heterocycles. The minimum atomic E-state index is -1.18. The number of anilines is 1. The number of hydrogen-bond acceptors (Lipinski definition) is 7. The van der Waals surface area contributed by atoms with Gasteiger partial charge < -0.3 is 32.7 Å². The minimum Gasteiger partial charge on any atom is -0.343 e. The van der Waals surface area contributed by atoms with Crippen LogP contribution in [0, 0.1) is 0 Å². The summed E-state index contributed by atoms with van der Waals surface area (Å²) in [5, 5.41) is 5.53. The van der Waals surface area contributed by atoms with Crippen LogP contribution in [0.4, 0.5) is 5.69 Å². The van der Waals surface area contributed by atoms with Gasteiger partial charge in [0.05, 0.1) is 18.2 Å². The molecule has 3 amide bonds. The summed E-state index contributed by atoms with van der Waals surface area (Å²) in [5.41, 5.74) is 19.4. The lowest BCUT2D eigenvalue weighted by atomic mass is 10.0. The molecule has 216 valence electrons. The first-order valence-corrected chi connectivity index (χ1v) is 13.6. The van der Waals surface area contributed by atoms with Gasteiger partial charge in [-0.1, -0.05) is 72.8 Å². The maximum absolute atomic E-state index is 13.5. The van der Waals surface area contributed by atoms with Crippen LogP contribution in [-0.4, -0.2) is 66.7 Å². The van der Waals surface area contributed by atoms with E-state index < -0.39 is 23.9 Å². The zero-order chi connectivity index (χ0) is 29.6. The van der Waals surface area contributed by atoms with E-state index in [0.717, 1.165) is 5.56 Å². The third-order valence-corrected chi connectivity index (χ3v) is 6.55. The number of para-hydroxylation sites is 1. The van der Waals surface area contributed by atoms with Crippen molar-refractivity contribution >= 4 is 29.2 Å². The maximum atomic E-state index is 13.5. The van der Waals surface area contributed by atoms with Gasteiger partial charge in [-0.25, -0.2) is 0 Å². The number of nitrogens with one attached hydrogen (secondary N) is 2. The van der Waals surface area contributed by atoms with E-state index in [2.05, 4.69) is 10.6 Å². The van der Waals surface area contributed by atoms with E-state index in [1.165, 1.54) is 4.90 Å². The molecule has 2 atom stereocenters. The Morgan fingerprint density at radius 2 is 1.34 bits per heavy atom. The Morgan fingerprint density at radius 3 is 1.98 bits per heavy atom. The van der Waals surface area contributed by atoms with Gasteiger partial charge in [0, 0.05) is 37.3 Å². The summed E-state index contributed by atoms with van der Waals surface area (Å²) >= 11 is 0. The SMILES string of the molecule is NCCN(CCN)C(=O)C[C@H](N)C(=O)N[C@@H](CCc1ccccc1)C(=O)Nc1ccccc1C(=O)c1ccccc1. The van der Waals surface area contributed by atoms with Gasteiger partial charge in [-0.05, 0) is 30.5 Å². The number of hydrogen-bond donors (Lipinski definition) is 5. The number of ketones is 1. The Labute approximate surface area is 240 Å². The second-order valence-corrected chi connectivity index (χ2v) is 9.58. The third kappa shape index (κ3) is 9.35. The van der Waals surface area contributed by atoms with Crippen molar-refractivity contribution in [1.29, 1.82) is 0 Å². The van der Waals surface area contributed by atoms with E-state index >= 15 is 0 Å². The van der Waals surface area contributed by atoms with Crippen molar-refractivity contribution in [3.05, 3.63) is 102 Å². The molecule has 3 aromatic rings. The monoisotopic (exact) mass is 558 g/mol. The zero-order valence-corrected chi connectivity index (χ0v) is 23.0. The number of amides is 3. The van der Waals surface area contributed by atoms with Gasteiger partial charge in [-0.3, -0.25) is 19.2 Å². The maximum Gasteiger partial charge on any atom is 0.246 e. The molecular formula is C31H38N6O4. The van der Waals surface area contributed by atoms with Gasteiger partial charge in [0.25, 0.3) is 0 Å². The molecule has 3 rings (SSSR count). The van der Waals surface area contributed by atoms with Crippen molar-refractivity contribution in [1.82, 2.24) is 10.2 Å². The van der Waals surface area contributed by atoms with Gasteiger partial charge in [0.15, 0.2) is 5.78 Å². The van der Waals surface area contributed by atoms with Gasteiger partial charge >= 0.3 is 0 Å². The van der Waals surface area contributed by atoms with Crippen LogP contribution in [-0.2, 0) is 20.8 Å². The molecule has 0 aliphatic carbocycles. The van der Waals surface area contributed by atoms with Crippen molar-refractivity contribution in [2.75, 3.05) is 31.5 Å². The Balaban J connectivity index is 1.76. The lowest BCUT2D eigenvalue weighted by molar-refractivity contribution is -0.134. The Bertz CT molecular complexity index is 1300.